The molecule has 1 heterocycles. The fourth-order valence-electron chi connectivity index (χ4n) is 3.19. The summed E-state index contributed by atoms with van der Waals surface area (Å²) in [4.78, 5) is 4.73. The zero-order chi connectivity index (χ0) is 19.1. The van der Waals surface area contributed by atoms with Crippen molar-refractivity contribution in [3.8, 4) is 0 Å². The molecule has 0 spiro atoms. The molecule has 0 radical (unpaired) electrons. The molecule has 6 heteroatoms. The second kappa shape index (κ2) is 11.0. The number of aliphatic imine (C=N–C) groups is 1. The maximum absolute atomic E-state index is 4.73. The molecule has 0 fully saturated rings. The van der Waals surface area contributed by atoms with Crippen LogP contribution in [0.1, 0.15) is 30.3 Å². The minimum Gasteiger partial charge on any atom is -0.357 e. The Morgan fingerprint density at radius 2 is 1.82 bits per heavy atom. The molecule has 0 bridgehead atoms. The van der Waals surface area contributed by atoms with Crippen LogP contribution >= 0.6 is 24.0 Å². The number of guanidine groups is 1. The molecule has 3 aromatic rings. The van der Waals surface area contributed by atoms with Crippen molar-refractivity contribution in [2.24, 2.45) is 4.99 Å². The fourth-order valence-corrected chi connectivity index (χ4v) is 3.19. The molecular weight excluding hydrogens is 461 g/mol. The average Bonchev–Trinajstić information content (AvgIpc) is 3.00. The van der Waals surface area contributed by atoms with E-state index in [4.69, 9.17) is 4.99 Å². The number of rotatable bonds is 7. The van der Waals surface area contributed by atoms with Crippen LogP contribution in [-0.2, 0) is 13.1 Å². The first-order chi connectivity index (χ1) is 13.2. The monoisotopic (exact) mass is 491 g/mol. The lowest BCUT2D eigenvalue weighted by atomic mass is 10.1. The topological polar surface area (TPSA) is 54.2 Å². The highest BCUT2D eigenvalue weighted by Crippen LogP contribution is 2.16. The zero-order valence-electron chi connectivity index (χ0n) is 16.9. The summed E-state index contributed by atoms with van der Waals surface area (Å²) >= 11 is 0. The third-order valence-electron chi connectivity index (χ3n) is 4.52. The Bertz CT molecular complexity index is 916. The zero-order valence-corrected chi connectivity index (χ0v) is 19.2. The van der Waals surface area contributed by atoms with Crippen molar-refractivity contribution in [1.29, 1.82) is 0 Å². The van der Waals surface area contributed by atoms with Crippen LogP contribution in [0.4, 0.5) is 0 Å². The maximum atomic E-state index is 4.73. The first-order valence-corrected chi connectivity index (χ1v) is 9.66. The van der Waals surface area contributed by atoms with E-state index in [9.17, 15) is 0 Å². The predicted octanol–water partition coefficient (Wildman–Crippen LogP) is 4.42. The van der Waals surface area contributed by atoms with Gasteiger partial charge in [-0.2, -0.15) is 5.10 Å². The van der Waals surface area contributed by atoms with Crippen LogP contribution in [0.3, 0.4) is 0 Å². The van der Waals surface area contributed by atoms with Crippen LogP contribution in [0, 0.1) is 13.8 Å². The number of aryl methyl sites for hydroxylation is 3. The Labute approximate surface area is 184 Å². The van der Waals surface area contributed by atoms with Crippen molar-refractivity contribution in [3.05, 3.63) is 65.5 Å². The molecule has 0 aliphatic carbocycles. The molecular formula is C22H30IN5. The molecule has 3 rings (SSSR count). The minimum absolute atomic E-state index is 0. The van der Waals surface area contributed by atoms with E-state index in [1.54, 1.807) is 0 Å². The van der Waals surface area contributed by atoms with Crippen LogP contribution in [-0.4, -0.2) is 28.8 Å². The number of aromatic nitrogens is 2. The Hall–Kier alpha value is -2.09. The number of benzene rings is 2. The van der Waals surface area contributed by atoms with E-state index in [1.165, 1.54) is 22.0 Å². The first-order valence-electron chi connectivity index (χ1n) is 9.66. The van der Waals surface area contributed by atoms with Gasteiger partial charge in [-0.15, -0.1) is 24.0 Å². The first kappa shape index (κ1) is 22.2. The number of hydrogen-bond donors (Lipinski definition) is 2. The normalized spacial score (nSPS) is 11.3. The Morgan fingerprint density at radius 1 is 1.04 bits per heavy atom. The predicted molar refractivity (Wildman–Crippen MR) is 128 cm³/mol. The smallest absolute Gasteiger partial charge is 0.191 e. The number of nitrogens with one attached hydrogen (secondary N) is 2. The summed E-state index contributed by atoms with van der Waals surface area (Å²) in [5, 5.41) is 13.8. The van der Waals surface area contributed by atoms with E-state index in [0.717, 1.165) is 37.7 Å². The van der Waals surface area contributed by atoms with Crippen LogP contribution < -0.4 is 10.6 Å². The number of nitrogens with zero attached hydrogens (tertiary/aromatic N) is 3. The molecule has 0 saturated heterocycles. The lowest BCUT2D eigenvalue weighted by Crippen LogP contribution is -2.38. The molecule has 28 heavy (non-hydrogen) atoms. The van der Waals surface area contributed by atoms with E-state index in [2.05, 4.69) is 82.8 Å². The summed E-state index contributed by atoms with van der Waals surface area (Å²) in [5.74, 6) is 0.860. The summed E-state index contributed by atoms with van der Waals surface area (Å²) in [6.45, 7) is 9.51. The molecule has 2 N–H and O–H groups in total. The molecule has 0 atom stereocenters. The van der Waals surface area contributed by atoms with Crippen molar-refractivity contribution < 1.29 is 0 Å². The van der Waals surface area contributed by atoms with Gasteiger partial charge >= 0.3 is 0 Å². The standard InChI is InChI=1S/C22H29N5.HI/c1-4-23-22(24-12-7-13-27-18(3)14-17(2)26-27)25-16-19-10-11-20-8-5-6-9-21(20)15-19;/h5-6,8-11,14-15H,4,7,12-13,16H2,1-3H3,(H2,23,24,25);1H. The lowest BCUT2D eigenvalue weighted by Gasteiger charge is -2.12. The SMILES string of the molecule is CCNC(=NCc1ccc2ccccc2c1)NCCCn1nc(C)cc1C.I. The van der Waals surface area contributed by atoms with Gasteiger partial charge in [0.25, 0.3) is 0 Å². The van der Waals surface area contributed by atoms with Gasteiger partial charge < -0.3 is 10.6 Å². The van der Waals surface area contributed by atoms with Gasteiger partial charge in [0, 0.05) is 25.3 Å². The highest BCUT2D eigenvalue weighted by Gasteiger charge is 2.02. The summed E-state index contributed by atoms with van der Waals surface area (Å²) in [7, 11) is 0. The second-order valence-corrected chi connectivity index (χ2v) is 6.81. The minimum atomic E-state index is 0. The Morgan fingerprint density at radius 3 is 2.54 bits per heavy atom. The van der Waals surface area contributed by atoms with Crippen LogP contribution in [0.2, 0.25) is 0 Å². The third-order valence-corrected chi connectivity index (χ3v) is 4.52. The largest absolute Gasteiger partial charge is 0.357 e. The van der Waals surface area contributed by atoms with E-state index in [-0.39, 0.29) is 24.0 Å². The van der Waals surface area contributed by atoms with Crippen molar-refractivity contribution in [3.63, 3.8) is 0 Å². The van der Waals surface area contributed by atoms with Crippen LogP contribution in [0.5, 0.6) is 0 Å². The molecule has 1 aromatic heterocycles. The molecule has 0 amide bonds. The number of fused-ring (bicyclic) bond motifs is 1. The summed E-state index contributed by atoms with van der Waals surface area (Å²) in [6.07, 6.45) is 1.00. The molecule has 2 aromatic carbocycles. The van der Waals surface area contributed by atoms with Gasteiger partial charge in [-0.25, -0.2) is 4.99 Å². The molecule has 0 aliphatic rings. The molecule has 0 aliphatic heterocycles. The van der Waals surface area contributed by atoms with Gasteiger partial charge in [0.1, 0.15) is 0 Å². The van der Waals surface area contributed by atoms with E-state index >= 15 is 0 Å². The van der Waals surface area contributed by atoms with E-state index in [0.29, 0.717) is 6.54 Å². The van der Waals surface area contributed by atoms with Crippen LogP contribution in [0.15, 0.2) is 53.5 Å². The highest BCUT2D eigenvalue weighted by atomic mass is 127. The summed E-state index contributed by atoms with van der Waals surface area (Å²) < 4.78 is 2.07. The third kappa shape index (κ3) is 6.22. The average molecular weight is 491 g/mol. The van der Waals surface area contributed by atoms with Gasteiger partial charge in [0.05, 0.1) is 12.2 Å². The van der Waals surface area contributed by atoms with E-state index in [1.807, 2.05) is 6.92 Å². The van der Waals surface area contributed by atoms with Crippen molar-refractivity contribution in [2.75, 3.05) is 13.1 Å². The van der Waals surface area contributed by atoms with Crippen molar-refractivity contribution in [2.45, 2.75) is 40.3 Å². The van der Waals surface area contributed by atoms with Crippen LogP contribution in [0.25, 0.3) is 10.8 Å². The van der Waals surface area contributed by atoms with Gasteiger partial charge in [0.15, 0.2) is 5.96 Å². The lowest BCUT2D eigenvalue weighted by molar-refractivity contribution is 0.555. The second-order valence-electron chi connectivity index (χ2n) is 6.81. The highest BCUT2D eigenvalue weighted by molar-refractivity contribution is 14.0. The molecule has 5 nitrogen and oxygen atoms in total. The summed E-state index contributed by atoms with van der Waals surface area (Å²) in [5.41, 5.74) is 3.50. The van der Waals surface area contributed by atoms with Gasteiger partial charge in [0.2, 0.25) is 0 Å². The number of halogens is 1. The molecule has 0 saturated carbocycles. The number of hydrogen-bond acceptors (Lipinski definition) is 2. The van der Waals surface area contributed by atoms with Gasteiger partial charge in [-0.05, 0) is 55.7 Å². The van der Waals surface area contributed by atoms with Crippen molar-refractivity contribution in [1.82, 2.24) is 20.4 Å². The summed E-state index contributed by atoms with van der Waals surface area (Å²) in [6, 6.07) is 17.1. The Kier molecular flexibility index (Phi) is 8.76. The van der Waals surface area contributed by atoms with Gasteiger partial charge in [-0.3, -0.25) is 4.68 Å². The van der Waals surface area contributed by atoms with Gasteiger partial charge in [-0.1, -0.05) is 36.4 Å². The quantitative estimate of drug-likeness (QED) is 0.223. The fraction of sp³-hybridized carbons (Fsp3) is 0.364. The van der Waals surface area contributed by atoms with E-state index < -0.39 is 0 Å². The molecule has 150 valence electrons. The Balaban J connectivity index is 0.00000280. The maximum Gasteiger partial charge on any atom is 0.191 e. The van der Waals surface area contributed by atoms with Crippen molar-refractivity contribution >= 4 is 40.7 Å². The molecule has 0 unspecified atom stereocenters.